The van der Waals surface area contributed by atoms with Crippen molar-refractivity contribution in [1.82, 2.24) is 4.98 Å². The number of carboxylic acid groups (broad SMARTS) is 1. The maximum Gasteiger partial charge on any atom is 0.354 e. The van der Waals surface area contributed by atoms with E-state index in [0.29, 0.717) is 12.6 Å². The summed E-state index contributed by atoms with van der Waals surface area (Å²) in [5.41, 5.74) is 0.893. The number of rotatable bonds is 5. The predicted octanol–water partition coefficient (Wildman–Crippen LogP) is 1.91. The molecule has 1 aliphatic rings. The Balaban J connectivity index is 2.22. The van der Waals surface area contributed by atoms with Gasteiger partial charge in [-0.1, -0.05) is 19.3 Å². The van der Waals surface area contributed by atoms with Gasteiger partial charge in [0.15, 0.2) is 0 Å². The van der Waals surface area contributed by atoms with Crippen molar-refractivity contribution in [2.75, 3.05) is 18.1 Å². The van der Waals surface area contributed by atoms with Crippen molar-refractivity contribution in [1.29, 1.82) is 0 Å². The second-order valence-electron chi connectivity index (χ2n) is 4.91. The van der Waals surface area contributed by atoms with Gasteiger partial charge < -0.3 is 15.1 Å². The third kappa shape index (κ3) is 3.44. The highest BCUT2D eigenvalue weighted by Gasteiger charge is 2.21. The van der Waals surface area contributed by atoms with Gasteiger partial charge >= 0.3 is 5.97 Å². The van der Waals surface area contributed by atoms with E-state index in [2.05, 4.69) is 9.88 Å². The van der Waals surface area contributed by atoms with Gasteiger partial charge in [-0.15, -0.1) is 0 Å². The Morgan fingerprint density at radius 1 is 1.37 bits per heavy atom. The fraction of sp³-hybridized carbons (Fsp3) is 0.571. The van der Waals surface area contributed by atoms with Gasteiger partial charge in [-0.25, -0.2) is 9.78 Å². The molecule has 1 aliphatic carbocycles. The molecule has 1 fully saturated rings. The van der Waals surface area contributed by atoms with Gasteiger partial charge in [0.05, 0.1) is 6.61 Å². The molecular formula is C14H20N2O3. The Morgan fingerprint density at radius 3 is 2.74 bits per heavy atom. The number of aliphatic hydroxyl groups excluding tert-OH is 1. The minimum atomic E-state index is -1.02. The second kappa shape index (κ2) is 6.52. The maximum atomic E-state index is 11.0. The van der Waals surface area contributed by atoms with E-state index < -0.39 is 5.97 Å². The van der Waals surface area contributed by atoms with E-state index in [0.717, 1.165) is 18.5 Å². The minimum Gasteiger partial charge on any atom is -0.477 e. The normalized spacial score (nSPS) is 16.3. The summed E-state index contributed by atoms with van der Waals surface area (Å²) in [6, 6.07) is 3.80. The molecule has 104 valence electrons. The van der Waals surface area contributed by atoms with Crippen LogP contribution < -0.4 is 4.90 Å². The van der Waals surface area contributed by atoms with E-state index in [1.54, 1.807) is 6.07 Å². The van der Waals surface area contributed by atoms with Crippen molar-refractivity contribution in [3.63, 3.8) is 0 Å². The van der Waals surface area contributed by atoms with Crippen molar-refractivity contribution >= 4 is 11.7 Å². The highest BCUT2D eigenvalue weighted by atomic mass is 16.4. The number of carbonyl (C=O) groups is 1. The lowest BCUT2D eigenvalue weighted by molar-refractivity contribution is 0.0690. The number of carboxylic acids is 1. The summed E-state index contributed by atoms with van der Waals surface area (Å²) in [5, 5.41) is 18.2. The predicted molar refractivity (Wildman–Crippen MR) is 72.5 cm³/mol. The highest BCUT2D eigenvalue weighted by Crippen LogP contribution is 2.27. The van der Waals surface area contributed by atoms with Crippen molar-refractivity contribution in [3.8, 4) is 0 Å². The van der Waals surface area contributed by atoms with Crippen LogP contribution in [0.5, 0.6) is 0 Å². The SMILES string of the molecule is O=C(O)c1cc(N(CCO)C2CCCCC2)ccn1. The van der Waals surface area contributed by atoms with Crippen molar-refractivity contribution < 1.29 is 15.0 Å². The molecule has 1 aromatic rings. The van der Waals surface area contributed by atoms with E-state index >= 15 is 0 Å². The summed E-state index contributed by atoms with van der Waals surface area (Å²) in [5.74, 6) is -1.02. The average Bonchev–Trinajstić information content (AvgIpc) is 2.46. The zero-order valence-corrected chi connectivity index (χ0v) is 11.0. The minimum absolute atomic E-state index is 0.0521. The van der Waals surface area contributed by atoms with Crippen LogP contribution in [-0.4, -0.2) is 40.4 Å². The summed E-state index contributed by atoms with van der Waals surface area (Å²) >= 11 is 0. The van der Waals surface area contributed by atoms with Gasteiger partial charge in [-0.3, -0.25) is 0 Å². The Hall–Kier alpha value is -1.62. The van der Waals surface area contributed by atoms with Crippen LogP contribution in [0.3, 0.4) is 0 Å². The standard InChI is InChI=1S/C14H20N2O3/c17-9-8-16(11-4-2-1-3-5-11)12-6-7-15-13(10-12)14(18)19/h6-7,10-11,17H,1-5,8-9H2,(H,18,19). The van der Waals surface area contributed by atoms with Crippen LogP contribution in [-0.2, 0) is 0 Å². The first-order valence-corrected chi connectivity index (χ1v) is 6.79. The fourth-order valence-corrected chi connectivity index (χ4v) is 2.74. The van der Waals surface area contributed by atoms with Gasteiger partial charge in [0.2, 0.25) is 0 Å². The average molecular weight is 264 g/mol. The summed E-state index contributed by atoms with van der Waals surface area (Å²) in [4.78, 5) is 16.9. The van der Waals surface area contributed by atoms with Crippen LogP contribution >= 0.6 is 0 Å². The Kier molecular flexibility index (Phi) is 4.74. The van der Waals surface area contributed by atoms with Crippen molar-refractivity contribution in [2.45, 2.75) is 38.1 Å². The van der Waals surface area contributed by atoms with E-state index in [4.69, 9.17) is 5.11 Å². The van der Waals surface area contributed by atoms with Crippen molar-refractivity contribution in [3.05, 3.63) is 24.0 Å². The molecule has 0 aromatic carbocycles. The van der Waals surface area contributed by atoms with Gasteiger partial charge in [-0.2, -0.15) is 0 Å². The highest BCUT2D eigenvalue weighted by molar-refractivity contribution is 5.86. The lowest BCUT2D eigenvalue weighted by Crippen LogP contribution is -2.39. The van der Waals surface area contributed by atoms with Crippen LogP contribution in [0.1, 0.15) is 42.6 Å². The zero-order chi connectivity index (χ0) is 13.7. The van der Waals surface area contributed by atoms with Gasteiger partial charge in [0, 0.05) is 24.5 Å². The molecule has 2 rings (SSSR count). The first kappa shape index (κ1) is 13.8. The number of aromatic carboxylic acids is 1. The molecule has 0 saturated heterocycles. The zero-order valence-electron chi connectivity index (χ0n) is 11.0. The molecule has 0 aliphatic heterocycles. The molecular weight excluding hydrogens is 244 g/mol. The van der Waals surface area contributed by atoms with Crippen molar-refractivity contribution in [2.24, 2.45) is 0 Å². The van der Waals surface area contributed by atoms with Crippen LogP contribution in [0.15, 0.2) is 18.3 Å². The molecule has 2 N–H and O–H groups in total. The molecule has 5 nitrogen and oxygen atoms in total. The van der Waals surface area contributed by atoms with Crippen LogP contribution in [0.4, 0.5) is 5.69 Å². The molecule has 1 aromatic heterocycles. The summed E-state index contributed by atoms with van der Waals surface area (Å²) in [6.07, 6.45) is 7.38. The van der Waals surface area contributed by atoms with E-state index in [-0.39, 0.29) is 12.3 Å². The maximum absolute atomic E-state index is 11.0. The Bertz CT molecular complexity index is 430. The third-order valence-electron chi connectivity index (χ3n) is 3.65. The van der Waals surface area contributed by atoms with Gasteiger partial charge in [0.25, 0.3) is 0 Å². The molecule has 0 unspecified atom stereocenters. The molecule has 5 heteroatoms. The molecule has 0 bridgehead atoms. The molecule has 19 heavy (non-hydrogen) atoms. The molecule has 0 radical (unpaired) electrons. The number of pyridine rings is 1. The van der Waals surface area contributed by atoms with Crippen LogP contribution in [0, 0.1) is 0 Å². The van der Waals surface area contributed by atoms with E-state index in [1.165, 1.54) is 25.5 Å². The molecule has 0 atom stereocenters. The lowest BCUT2D eigenvalue weighted by atomic mass is 9.94. The number of aliphatic hydroxyl groups is 1. The summed E-state index contributed by atoms with van der Waals surface area (Å²) in [7, 11) is 0. The summed E-state index contributed by atoms with van der Waals surface area (Å²) < 4.78 is 0. The van der Waals surface area contributed by atoms with Crippen LogP contribution in [0.25, 0.3) is 0 Å². The van der Waals surface area contributed by atoms with E-state index in [1.807, 2.05) is 6.07 Å². The number of hydrogen-bond donors (Lipinski definition) is 2. The largest absolute Gasteiger partial charge is 0.477 e. The van der Waals surface area contributed by atoms with E-state index in [9.17, 15) is 9.90 Å². The van der Waals surface area contributed by atoms with Gasteiger partial charge in [0.1, 0.15) is 5.69 Å². The first-order chi connectivity index (χ1) is 9.22. The topological polar surface area (TPSA) is 73.7 Å². The Morgan fingerprint density at radius 2 is 2.11 bits per heavy atom. The number of anilines is 1. The fourth-order valence-electron chi connectivity index (χ4n) is 2.74. The van der Waals surface area contributed by atoms with Crippen LogP contribution in [0.2, 0.25) is 0 Å². The third-order valence-corrected chi connectivity index (χ3v) is 3.65. The smallest absolute Gasteiger partial charge is 0.354 e. The number of nitrogens with zero attached hydrogens (tertiary/aromatic N) is 2. The number of hydrogen-bond acceptors (Lipinski definition) is 4. The molecule has 1 saturated carbocycles. The monoisotopic (exact) mass is 264 g/mol. The molecule has 1 heterocycles. The quantitative estimate of drug-likeness (QED) is 0.849. The lowest BCUT2D eigenvalue weighted by Gasteiger charge is -2.35. The molecule has 0 spiro atoms. The number of aromatic nitrogens is 1. The Labute approximate surface area is 112 Å². The summed E-state index contributed by atoms with van der Waals surface area (Å²) in [6.45, 7) is 0.606. The molecule has 0 amide bonds. The first-order valence-electron chi connectivity index (χ1n) is 6.79. The van der Waals surface area contributed by atoms with Gasteiger partial charge in [-0.05, 0) is 25.0 Å². The second-order valence-corrected chi connectivity index (χ2v) is 4.91.